The fraction of sp³-hybridized carbons (Fsp3) is 0.705. The first-order chi connectivity index (χ1) is 23.7. The van der Waals surface area contributed by atoms with Gasteiger partial charge in [0, 0.05) is 13.0 Å². The Hall–Kier alpha value is -2.17. The van der Waals surface area contributed by atoms with Crippen molar-refractivity contribution < 1.29 is 19.4 Å². The van der Waals surface area contributed by atoms with E-state index in [2.05, 4.69) is 86.8 Å². The number of esters is 1. The van der Waals surface area contributed by atoms with Crippen LogP contribution in [0.3, 0.4) is 0 Å². The summed E-state index contributed by atoms with van der Waals surface area (Å²) in [5.74, 6) is -0.221. The Labute approximate surface area is 297 Å². The number of carbonyl (C=O) groups excluding carboxylic acids is 1. The first-order valence-corrected chi connectivity index (χ1v) is 20.0. The molecule has 0 aromatic carbocycles. The summed E-state index contributed by atoms with van der Waals surface area (Å²) in [5, 5.41) is 9.58. The van der Waals surface area contributed by atoms with E-state index >= 15 is 0 Å². The predicted molar refractivity (Wildman–Crippen MR) is 209 cm³/mol. The van der Waals surface area contributed by atoms with Crippen LogP contribution < -0.4 is 0 Å². The maximum absolute atomic E-state index is 12.2. The zero-order valence-electron chi connectivity index (χ0n) is 31.5. The van der Waals surface area contributed by atoms with E-state index in [9.17, 15) is 9.90 Å². The largest absolute Gasteiger partial charge is 0.457 e. The molecule has 0 amide bonds. The van der Waals surface area contributed by atoms with E-state index in [1.807, 2.05) is 0 Å². The van der Waals surface area contributed by atoms with E-state index in [-0.39, 0.29) is 19.2 Å². The highest BCUT2D eigenvalue weighted by atomic mass is 16.6. The third kappa shape index (κ3) is 38.3. The molecule has 1 atom stereocenters. The molecule has 0 aliphatic carbocycles. The number of rotatable bonds is 36. The number of hydrogen-bond acceptors (Lipinski definition) is 4. The molecular formula is C44H76O4. The van der Waals surface area contributed by atoms with Crippen LogP contribution in [0.25, 0.3) is 0 Å². The van der Waals surface area contributed by atoms with Crippen LogP contribution in [-0.2, 0) is 14.3 Å². The van der Waals surface area contributed by atoms with Gasteiger partial charge in [-0.1, -0.05) is 157 Å². The lowest BCUT2D eigenvalue weighted by atomic mass is 10.1. The molecular weight excluding hydrogens is 592 g/mol. The third-order valence-corrected chi connectivity index (χ3v) is 8.27. The molecule has 0 heterocycles. The summed E-state index contributed by atoms with van der Waals surface area (Å²) in [6.45, 7) is 5.17. The van der Waals surface area contributed by atoms with E-state index in [1.165, 1.54) is 83.5 Å². The van der Waals surface area contributed by atoms with Crippen molar-refractivity contribution in [2.75, 3.05) is 19.8 Å². The molecule has 0 radical (unpaired) electrons. The molecule has 0 aliphatic heterocycles. The summed E-state index contributed by atoms with van der Waals surface area (Å²) >= 11 is 0. The van der Waals surface area contributed by atoms with Gasteiger partial charge in [0.25, 0.3) is 0 Å². The first-order valence-electron chi connectivity index (χ1n) is 20.0. The van der Waals surface area contributed by atoms with Gasteiger partial charge in [0.2, 0.25) is 0 Å². The average molecular weight is 669 g/mol. The summed E-state index contributed by atoms with van der Waals surface area (Å²) in [7, 11) is 0. The molecule has 0 aromatic heterocycles. The number of hydrogen-bond donors (Lipinski definition) is 1. The minimum Gasteiger partial charge on any atom is -0.457 e. The van der Waals surface area contributed by atoms with Crippen LogP contribution in [0.2, 0.25) is 0 Å². The fourth-order valence-corrected chi connectivity index (χ4v) is 5.29. The van der Waals surface area contributed by atoms with Gasteiger partial charge in [0.1, 0.15) is 6.10 Å². The summed E-state index contributed by atoms with van der Waals surface area (Å²) in [6.07, 6.45) is 55.2. The summed E-state index contributed by atoms with van der Waals surface area (Å²) in [6, 6.07) is 0. The van der Waals surface area contributed by atoms with Gasteiger partial charge in [-0.15, -0.1) is 0 Å². The van der Waals surface area contributed by atoms with Crippen molar-refractivity contribution in [2.24, 2.45) is 0 Å². The van der Waals surface area contributed by atoms with Crippen molar-refractivity contribution >= 4 is 5.97 Å². The van der Waals surface area contributed by atoms with E-state index in [0.717, 1.165) is 70.6 Å². The first kappa shape index (κ1) is 45.8. The van der Waals surface area contributed by atoms with Crippen LogP contribution in [0.15, 0.2) is 72.9 Å². The molecule has 0 aliphatic rings. The lowest BCUT2D eigenvalue weighted by Gasteiger charge is -2.15. The van der Waals surface area contributed by atoms with Crippen molar-refractivity contribution in [1.82, 2.24) is 0 Å². The van der Waals surface area contributed by atoms with Crippen LogP contribution in [0.4, 0.5) is 0 Å². The minimum atomic E-state index is -0.551. The van der Waals surface area contributed by atoms with Crippen LogP contribution in [0.1, 0.15) is 174 Å². The molecule has 0 aromatic rings. The lowest BCUT2D eigenvalue weighted by molar-refractivity contribution is -0.154. The maximum atomic E-state index is 12.2. The Bertz CT molecular complexity index is 835. The molecule has 0 fully saturated rings. The molecule has 48 heavy (non-hydrogen) atoms. The highest BCUT2D eigenvalue weighted by Gasteiger charge is 2.13. The van der Waals surface area contributed by atoms with Crippen molar-refractivity contribution in [3.05, 3.63) is 72.9 Å². The number of ether oxygens (including phenoxy) is 2. The predicted octanol–water partition coefficient (Wildman–Crippen LogP) is 13.0. The molecule has 0 spiro atoms. The van der Waals surface area contributed by atoms with Gasteiger partial charge in [-0.25, -0.2) is 0 Å². The highest BCUT2D eigenvalue weighted by molar-refractivity contribution is 5.69. The van der Waals surface area contributed by atoms with Gasteiger partial charge in [-0.2, -0.15) is 0 Å². The molecule has 276 valence electrons. The van der Waals surface area contributed by atoms with Gasteiger partial charge in [-0.05, 0) is 83.5 Å². The van der Waals surface area contributed by atoms with Crippen molar-refractivity contribution in [3.63, 3.8) is 0 Å². The Balaban J connectivity index is 3.52. The summed E-state index contributed by atoms with van der Waals surface area (Å²) in [5.41, 5.74) is 0. The Morgan fingerprint density at radius 2 is 0.938 bits per heavy atom. The van der Waals surface area contributed by atoms with Gasteiger partial charge < -0.3 is 14.6 Å². The Morgan fingerprint density at radius 1 is 0.521 bits per heavy atom. The average Bonchev–Trinajstić information content (AvgIpc) is 3.09. The molecule has 0 bridgehead atoms. The normalized spacial score (nSPS) is 13.1. The summed E-state index contributed by atoms with van der Waals surface area (Å²) < 4.78 is 11.1. The van der Waals surface area contributed by atoms with Crippen molar-refractivity contribution in [1.29, 1.82) is 0 Å². The number of carbonyl (C=O) groups is 1. The molecule has 4 nitrogen and oxygen atoms in total. The van der Waals surface area contributed by atoms with Gasteiger partial charge in [-0.3, -0.25) is 4.79 Å². The Kier molecular flexibility index (Phi) is 39.1. The molecule has 1 unspecified atom stereocenters. The summed E-state index contributed by atoms with van der Waals surface area (Å²) in [4.78, 5) is 12.2. The van der Waals surface area contributed by atoms with Crippen molar-refractivity contribution in [2.45, 2.75) is 180 Å². The second-order valence-corrected chi connectivity index (χ2v) is 13.0. The quantitative estimate of drug-likeness (QED) is 0.0410. The number of aliphatic hydroxyl groups excluding tert-OH is 1. The highest BCUT2D eigenvalue weighted by Crippen LogP contribution is 2.11. The molecule has 0 saturated heterocycles. The van der Waals surface area contributed by atoms with Gasteiger partial charge in [0.05, 0.1) is 13.2 Å². The number of unbranched alkanes of at least 4 members (excludes halogenated alkanes) is 16. The SMILES string of the molecule is CC/C=C\C/C=C\C/C=C\C/C=C\CCCCCCCCC(=O)OC(CO)COCCCCCCCC/C=C\C/C=C\CCCCCC. The maximum Gasteiger partial charge on any atom is 0.306 e. The monoisotopic (exact) mass is 669 g/mol. The second-order valence-electron chi connectivity index (χ2n) is 13.0. The number of allylic oxidation sites excluding steroid dienone is 12. The van der Waals surface area contributed by atoms with Crippen LogP contribution in [-0.4, -0.2) is 37.0 Å². The zero-order valence-corrected chi connectivity index (χ0v) is 31.5. The topological polar surface area (TPSA) is 55.8 Å². The smallest absolute Gasteiger partial charge is 0.306 e. The molecule has 4 heteroatoms. The molecule has 1 N–H and O–H groups in total. The standard InChI is InChI=1S/C44H76O4/c1-3-5-7-9-11-13-15-17-19-21-22-23-25-27-29-31-33-35-37-39-44(46)48-43(41-45)42-47-40-38-36-34-32-30-28-26-24-20-18-16-14-12-10-8-6-4-2/h5,7,11,13-14,16-17,19-20,22-24,43,45H,3-4,6,8-10,12,15,18,21,25-42H2,1-2H3/b7-5-,13-11-,16-14-,19-17-,23-22-,24-20-. The third-order valence-electron chi connectivity index (χ3n) is 8.27. The zero-order chi connectivity index (χ0) is 34.9. The Morgan fingerprint density at radius 3 is 1.42 bits per heavy atom. The lowest BCUT2D eigenvalue weighted by Crippen LogP contribution is -2.27. The minimum absolute atomic E-state index is 0.186. The van der Waals surface area contributed by atoms with E-state index in [1.54, 1.807) is 0 Å². The van der Waals surface area contributed by atoms with E-state index in [4.69, 9.17) is 9.47 Å². The van der Waals surface area contributed by atoms with Gasteiger partial charge >= 0.3 is 5.97 Å². The molecule has 0 saturated carbocycles. The van der Waals surface area contributed by atoms with E-state index < -0.39 is 6.10 Å². The van der Waals surface area contributed by atoms with Crippen LogP contribution in [0.5, 0.6) is 0 Å². The van der Waals surface area contributed by atoms with E-state index in [0.29, 0.717) is 13.0 Å². The van der Waals surface area contributed by atoms with Gasteiger partial charge in [0.15, 0.2) is 0 Å². The van der Waals surface area contributed by atoms with Crippen molar-refractivity contribution in [3.8, 4) is 0 Å². The fourth-order valence-electron chi connectivity index (χ4n) is 5.29. The van der Waals surface area contributed by atoms with Crippen LogP contribution in [0, 0.1) is 0 Å². The van der Waals surface area contributed by atoms with Crippen LogP contribution >= 0.6 is 0 Å². The molecule has 0 rings (SSSR count). The number of aliphatic hydroxyl groups is 1. The second kappa shape index (κ2) is 41.0.